The number of ether oxygens (including phenoxy) is 1. The Morgan fingerprint density at radius 1 is 1.16 bits per heavy atom. The highest BCUT2D eigenvalue weighted by Gasteiger charge is 2.19. The number of carbonyl (C=O) groups excluding carboxylic acids is 1. The van der Waals surface area contributed by atoms with Gasteiger partial charge in [0.25, 0.3) is 5.56 Å². The minimum atomic E-state index is -0.351. The average Bonchev–Trinajstić information content (AvgIpc) is 3.14. The molecule has 3 heterocycles. The molecule has 0 saturated carbocycles. The first-order chi connectivity index (χ1) is 15.0. The van der Waals surface area contributed by atoms with Crippen molar-refractivity contribution in [3.63, 3.8) is 0 Å². The molecule has 0 aliphatic heterocycles. The first-order valence-corrected chi connectivity index (χ1v) is 11.4. The fourth-order valence-electron chi connectivity index (χ4n) is 4.40. The first-order valence-electron chi connectivity index (χ1n) is 10.5. The zero-order chi connectivity index (χ0) is 21.5. The molecule has 158 valence electrons. The second-order valence-corrected chi connectivity index (χ2v) is 9.10. The van der Waals surface area contributed by atoms with Gasteiger partial charge in [-0.15, -0.1) is 11.3 Å². The molecule has 0 unspecified atom stereocenters. The second kappa shape index (κ2) is 7.89. The molecule has 7 heteroatoms. The molecular weight excluding hydrogens is 410 g/mol. The summed E-state index contributed by atoms with van der Waals surface area (Å²) in [5, 5.41) is 1.04. The SMILES string of the molecule is Cc1nc2ccccc2c(C)c1CC(=O)OCc1cc(=O)n2c3c(sc2n1)CCCC3. The molecule has 0 atom stereocenters. The molecule has 1 aliphatic carbocycles. The van der Waals surface area contributed by atoms with Gasteiger partial charge in [0.1, 0.15) is 6.61 Å². The van der Waals surface area contributed by atoms with Gasteiger partial charge in [0.2, 0.25) is 0 Å². The lowest BCUT2D eigenvalue weighted by atomic mass is 10.00. The Hall–Kier alpha value is -3.06. The number of rotatable bonds is 4. The summed E-state index contributed by atoms with van der Waals surface area (Å²) in [5.74, 6) is -0.351. The van der Waals surface area contributed by atoms with E-state index in [1.54, 1.807) is 15.7 Å². The maximum atomic E-state index is 12.7. The van der Waals surface area contributed by atoms with Crippen LogP contribution in [0.3, 0.4) is 0 Å². The summed E-state index contributed by atoms with van der Waals surface area (Å²) < 4.78 is 7.21. The van der Waals surface area contributed by atoms with Gasteiger partial charge in [-0.1, -0.05) is 18.2 Å². The third-order valence-electron chi connectivity index (χ3n) is 6.00. The molecule has 0 bridgehead atoms. The number of aryl methyl sites for hydroxylation is 4. The van der Waals surface area contributed by atoms with Crippen LogP contribution in [-0.2, 0) is 35.4 Å². The number of para-hydroxylation sites is 1. The largest absolute Gasteiger partial charge is 0.459 e. The molecule has 4 aromatic rings. The van der Waals surface area contributed by atoms with Gasteiger partial charge in [0, 0.05) is 27.7 Å². The average molecular weight is 434 g/mol. The summed E-state index contributed by atoms with van der Waals surface area (Å²) in [7, 11) is 0. The van der Waals surface area contributed by atoms with E-state index in [0.29, 0.717) is 10.7 Å². The van der Waals surface area contributed by atoms with Crippen LogP contribution in [0, 0.1) is 13.8 Å². The highest BCUT2D eigenvalue weighted by Crippen LogP contribution is 2.28. The van der Waals surface area contributed by atoms with E-state index < -0.39 is 0 Å². The van der Waals surface area contributed by atoms with Gasteiger partial charge in [-0.3, -0.25) is 19.0 Å². The van der Waals surface area contributed by atoms with Gasteiger partial charge in [-0.05, 0) is 56.7 Å². The number of esters is 1. The van der Waals surface area contributed by atoms with Crippen LogP contribution < -0.4 is 5.56 Å². The molecule has 0 amide bonds. The van der Waals surface area contributed by atoms with E-state index in [9.17, 15) is 9.59 Å². The molecule has 0 radical (unpaired) electrons. The summed E-state index contributed by atoms with van der Waals surface area (Å²) in [6, 6.07) is 9.39. The van der Waals surface area contributed by atoms with Crippen molar-refractivity contribution in [3.05, 3.63) is 73.8 Å². The highest BCUT2D eigenvalue weighted by atomic mass is 32.1. The second-order valence-electron chi connectivity index (χ2n) is 8.04. The molecule has 3 aromatic heterocycles. The molecule has 6 nitrogen and oxygen atoms in total. The normalized spacial score (nSPS) is 13.5. The Morgan fingerprint density at radius 2 is 1.97 bits per heavy atom. The van der Waals surface area contributed by atoms with E-state index in [2.05, 4.69) is 9.97 Å². The molecule has 1 aromatic carbocycles. The summed E-state index contributed by atoms with van der Waals surface area (Å²) in [6.07, 6.45) is 4.33. The Balaban J connectivity index is 1.35. The summed E-state index contributed by atoms with van der Waals surface area (Å²) >= 11 is 1.57. The number of pyridine rings is 1. The predicted octanol–water partition coefficient (Wildman–Crippen LogP) is 4.09. The van der Waals surface area contributed by atoms with Gasteiger partial charge in [-0.25, -0.2) is 4.98 Å². The maximum absolute atomic E-state index is 12.7. The zero-order valence-corrected chi connectivity index (χ0v) is 18.4. The molecule has 0 fully saturated rings. The summed E-state index contributed by atoms with van der Waals surface area (Å²) in [4.78, 5) is 36.4. The lowest BCUT2D eigenvalue weighted by Crippen LogP contribution is -2.19. The van der Waals surface area contributed by atoms with Gasteiger partial charge < -0.3 is 4.74 Å². The van der Waals surface area contributed by atoms with Crippen molar-refractivity contribution in [1.29, 1.82) is 0 Å². The summed E-state index contributed by atoms with van der Waals surface area (Å²) in [6.45, 7) is 3.91. The Kier molecular flexibility index (Phi) is 5.06. The molecule has 5 rings (SSSR count). The van der Waals surface area contributed by atoms with Gasteiger partial charge >= 0.3 is 5.97 Å². The number of carbonyl (C=O) groups is 1. The van der Waals surface area contributed by atoms with Crippen molar-refractivity contribution in [3.8, 4) is 0 Å². The van der Waals surface area contributed by atoms with Crippen molar-refractivity contribution in [1.82, 2.24) is 14.4 Å². The van der Waals surface area contributed by atoms with E-state index in [-0.39, 0.29) is 24.6 Å². The lowest BCUT2D eigenvalue weighted by molar-refractivity contribution is -0.144. The number of hydrogen-bond acceptors (Lipinski definition) is 6. The quantitative estimate of drug-likeness (QED) is 0.453. The minimum absolute atomic E-state index is 0.00769. The molecule has 0 spiro atoms. The Labute approximate surface area is 183 Å². The number of hydrogen-bond donors (Lipinski definition) is 0. The zero-order valence-electron chi connectivity index (χ0n) is 17.6. The number of benzene rings is 1. The Bertz CT molecular complexity index is 1390. The van der Waals surface area contributed by atoms with Gasteiger partial charge in [-0.2, -0.15) is 0 Å². The molecular formula is C24H23N3O3S. The third kappa shape index (κ3) is 3.63. The lowest BCUT2D eigenvalue weighted by Gasteiger charge is -2.12. The van der Waals surface area contributed by atoms with Crippen LogP contribution in [0.2, 0.25) is 0 Å². The van der Waals surface area contributed by atoms with E-state index >= 15 is 0 Å². The van der Waals surface area contributed by atoms with E-state index in [1.165, 1.54) is 10.9 Å². The van der Waals surface area contributed by atoms with E-state index in [1.807, 2.05) is 38.1 Å². The van der Waals surface area contributed by atoms with Crippen LogP contribution in [0.4, 0.5) is 0 Å². The number of nitrogens with zero attached hydrogens (tertiary/aromatic N) is 3. The number of aromatic nitrogens is 3. The Morgan fingerprint density at radius 3 is 2.84 bits per heavy atom. The standard InChI is InChI=1S/C24H23N3O3S/c1-14-17-7-3-4-8-19(17)25-15(2)18(14)12-23(29)30-13-16-11-22(28)27-20-9-5-6-10-21(20)31-24(27)26-16/h3-4,7-8,11H,5-6,9-10,12-13H2,1-2H3. The molecule has 0 N–H and O–H groups in total. The van der Waals surface area contributed by atoms with Crippen molar-refractivity contribution in [2.45, 2.75) is 52.6 Å². The fourth-order valence-corrected chi connectivity index (χ4v) is 5.63. The van der Waals surface area contributed by atoms with Crippen LogP contribution >= 0.6 is 11.3 Å². The highest BCUT2D eigenvalue weighted by molar-refractivity contribution is 7.17. The summed E-state index contributed by atoms with van der Waals surface area (Å²) in [5.41, 5.74) is 5.17. The van der Waals surface area contributed by atoms with Crippen molar-refractivity contribution < 1.29 is 9.53 Å². The van der Waals surface area contributed by atoms with Crippen LogP contribution in [0.5, 0.6) is 0 Å². The van der Waals surface area contributed by atoms with Crippen LogP contribution in [0.15, 0.2) is 35.1 Å². The fraction of sp³-hybridized carbons (Fsp3) is 0.333. The van der Waals surface area contributed by atoms with Crippen LogP contribution in [0.25, 0.3) is 15.9 Å². The predicted molar refractivity (Wildman–Crippen MR) is 121 cm³/mol. The molecule has 0 saturated heterocycles. The van der Waals surface area contributed by atoms with Gasteiger partial charge in [0.05, 0.1) is 17.6 Å². The van der Waals surface area contributed by atoms with E-state index in [0.717, 1.165) is 59.1 Å². The smallest absolute Gasteiger partial charge is 0.310 e. The van der Waals surface area contributed by atoms with Crippen LogP contribution in [-0.4, -0.2) is 20.3 Å². The van der Waals surface area contributed by atoms with Crippen molar-refractivity contribution in [2.24, 2.45) is 0 Å². The van der Waals surface area contributed by atoms with Gasteiger partial charge in [0.15, 0.2) is 4.96 Å². The maximum Gasteiger partial charge on any atom is 0.310 e. The number of fused-ring (bicyclic) bond motifs is 4. The van der Waals surface area contributed by atoms with Crippen LogP contribution in [0.1, 0.15) is 45.9 Å². The topological polar surface area (TPSA) is 73.6 Å². The first kappa shape index (κ1) is 19.9. The minimum Gasteiger partial charge on any atom is -0.459 e. The third-order valence-corrected chi connectivity index (χ3v) is 7.15. The van der Waals surface area contributed by atoms with Crippen molar-refractivity contribution >= 4 is 33.2 Å². The van der Waals surface area contributed by atoms with E-state index in [4.69, 9.17) is 4.74 Å². The molecule has 1 aliphatic rings. The van der Waals surface area contributed by atoms with Crippen molar-refractivity contribution in [2.75, 3.05) is 0 Å². The number of thiazole rings is 1. The monoisotopic (exact) mass is 433 g/mol. The molecule has 31 heavy (non-hydrogen) atoms.